The van der Waals surface area contributed by atoms with Crippen molar-refractivity contribution < 1.29 is 14.6 Å². The molecule has 0 aliphatic rings. The van der Waals surface area contributed by atoms with E-state index in [4.69, 9.17) is 4.74 Å². The summed E-state index contributed by atoms with van der Waals surface area (Å²) in [6.07, 6.45) is 0.949. The second kappa shape index (κ2) is 6.10. The van der Waals surface area contributed by atoms with E-state index >= 15 is 0 Å². The monoisotopic (exact) mass is 271 g/mol. The van der Waals surface area contributed by atoms with Gasteiger partial charge < -0.3 is 15.2 Å². The van der Waals surface area contributed by atoms with Crippen LogP contribution in [0.3, 0.4) is 0 Å². The number of aromatic hydroxyl groups is 1. The third kappa shape index (κ3) is 2.91. The summed E-state index contributed by atoms with van der Waals surface area (Å²) in [5, 5.41) is 12.7. The number of hydrogen-bond donors (Lipinski definition) is 2. The maximum atomic E-state index is 12.1. The summed E-state index contributed by atoms with van der Waals surface area (Å²) in [7, 11) is 1.44. The largest absolute Gasteiger partial charge is 0.504 e. The zero-order chi connectivity index (χ0) is 14.5. The summed E-state index contributed by atoms with van der Waals surface area (Å²) < 4.78 is 4.99. The zero-order valence-corrected chi connectivity index (χ0v) is 11.5. The van der Waals surface area contributed by atoms with Crippen LogP contribution in [0.4, 0.5) is 5.69 Å². The summed E-state index contributed by atoms with van der Waals surface area (Å²) in [5.41, 5.74) is 2.07. The van der Waals surface area contributed by atoms with Gasteiger partial charge in [0.2, 0.25) is 0 Å². The number of aryl methyl sites for hydroxylation is 1. The van der Waals surface area contributed by atoms with Crippen LogP contribution in [0.15, 0.2) is 42.5 Å². The molecule has 0 unspecified atom stereocenters. The minimum atomic E-state index is -0.370. The number of anilines is 1. The first-order chi connectivity index (χ1) is 9.65. The van der Waals surface area contributed by atoms with Crippen LogP contribution in [-0.2, 0) is 6.42 Å². The molecule has 2 N–H and O–H groups in total. The molecule has 104 valence electrons. The van der Waals surface area contributed by atoms with E-state index in [1.54, 1.807) is 18.2 Å². The molecule has 4 heteroatoms. The van der Waals surface area contributed by atoms with E-state index in [9.17, 15) is 9.90 Å². The highest BCUT2D eigenvalue weighted by Crippen LogP contribution is 2.29. The molecule has 0 bridgehead atoms. The van der Waals surface area contributed by atoms with Crippen molar-refractivity contribution in [2.24, 2.45) is 0 Å². The number of carbonyl (C=O) groups excluding carboxylic acids is 1. The van der Waals surface area contributed by atoms with Crippen molar-refractivity contribution in [3.05, 3.63) is 53.6 Å². The number of para-hydroxylation sites is 1. The zero-order valence-electron chi connectivity index (χ0n) is 11.5. The molecule has 4 nitrogen and oxygen atoms in total. The van der Waals surface area contributed by atoms with Gasteiger partial charge in [0.15, 0.2) is 11.5 Å². The Bertz CT molecular complexity index is 606. The second-order valence-corrected chi connectivity index (χ2v) is 4.36. The average molecular weight is 271 g/mol. The number of carbonyl (C=O) groups is 1. The van der Waals surface area contributed by atoms with E-state index in [1.807, 2.05) is 24.3 Å². The van der Waals surface area contributed by atoms with E-state index in [0.29, 0.717) is 5.69 Å². The lowest BCUT2D eigenvalue weighted by Crippen LogP contribution is -2.12. The van der Waals surface area contributed by atoms with E-state index in [0.717, 1.165) is 6.42 Å². The lowest BCUT2D eigenvalue weighted by atomic mass is 10.1. The molecule has 0 radical (unpaired) electrons. The van der Waals surface area contributed by atoms with Gasteiger partial charge in [-0.15, -0.1) is 0 Å². The molecule has 0 saturated carbocycles. The normalized spacial score (nSPS) is 10.1. The molecule has 0 fully saturated rings. The fraction of sp³-hybridized carbons (Fsp3) is 0.188. The van der Waals surface area contributed by atoms with Crippen LogP contribution in [0.2, 0.25) is 0 Å². The van der Waals surface area contributed by atoms with Gasteiger partial charge in [-0.1, -0.05) is 25.1 Å². The maximum Gasteiger partial charge on any atom is 0.259 e. The van der Waals surface area contributed by atoms with Crippen LogP contribution >= 0.6 is 0 Å². The third-order valence-corrected chi connectivity index (χ3v) is 3.08. The maximum absolute atomic E-state index is 12.1. The van der Waals surface area contributed by atoms with E-state index in [2.05, 4.69) is 12.2 Å². The topological polar surface area (TPSA) is 58.6 Å². The Kier molecular flexibility index (Phi) is 4.25. The van der Waals surface area contributed by atoms with Gasteiger partial charge in [-0.05, 0) is 36.2 Å². The number of benzene rings is 2. The van der Waals surface area contributed by atoms with E-state index in [-0.39, 0.29) is 23.0 Å². The van der Waals surface area contributed by atoms with Crippen molar-refractivity contribution in [3.8, 4) is 11.5 Å². The highest BCUT2D eigenvalue weighted by Gasteiger charge is 2.14. The molecule has 0 aromatic heterocycles. The van der Waals surface area contributed by atoms with Crippen LogP contribution in [0, 0.1) is 0 Å². The van der Waals surface area contributed by atoms with Gasteiger partial charge in [-0.25, -0.2) is 0 Å². The number of rotatable bonds is 4. The number of nitrogens with one attached hydrogen (secondary N) is 1. The molecule has 1 amide bonds. The van der Waals surface area contributed by atoms with Gasteiger partial charge in [-0.3, -0.25) is 4.79 Å². The summed E-state index contributed by atoms with van der Waals surface area (Å²) in [6, 6.07) is 12.4. The molecule has 0 aliphatic heterocycles. The molecular weight excluding hydrogens is 254 g/mol. The molecule has 0 atom stereocenters. The molecule has 20 heavy (non-hydrogen) atoms. The van der Waals surface area contributed by atoms with Crippen molar-refractivity contribution in [1.29, 1.82) is 0 Å². The van der Waals surface area contributed by atoms with Crippen LogP contribution in [0.5, 0.6) is 11.5 Å². The first-order valence-corrected chi connectivity index (χ1v) is 6.42. The quantitative estimate of drug-likeness (QED) is 0.897. The highest BCUT2D eigenvalue weighted by molar-refractivity contribution is 6.06. The van der Waals surface area contributed by atoms with Crippen LogP contribution in [0.25, 0.3) is 0 Å². The van der Waals surface area contributed by atoms with Crippen LogP contribution in [0.1, 0.15) is 22.8 Å². The average Bonchev–Trinajstić information content (AvgIpc) is 2.48. The Hall–Kier alpha value is -2.49. The van der Waals surface area contributed by atoms with Crippen LogP contribution in [-0.4, -0.2) is 18.1 Å². The highest BCUT2D eigenvalue weighted by atomic mass is 16.5. The number of hydrogen-bond acceptors (Lipinski definition) is 3. The minimum absolute atomic E-state index is 0.155. The predicted octanol–water partition coefficient (Wildman–Crippen LogP) is 3.22. The fourth-order valence-corrected chi connectivity index (χ4v) is 1.89. The predicted molar refractivity (Wildman–Crippen MR) is 78.4 cm³/mol. The molecule has 2 aromatic rings. The second-order valence-electron chi connectivity index (χ2n) is 4.36. The Morgan fingerprint density at radius 3 is 2.50 bits per heavy atom. The molecule has 0 saturated heterocycles. The van der Waals surface area contributed by atoms with Gasteiger partial charge in [-0.2, -0.15) is 0 Å². The van der Waals surface area contributed by atoms with E-state index < -0.39 is 0 Å². The van der Waals surface area contributed by atoms with Crippen molar-refractivity contribution >= 4 is 11.6 Å². The Balaban J connectivity index is 2.19. The van der Waals surface area contributed by atoms with Gasteiger partial charge >= 0.3 is 0 Å². The number of phenolic OH excluding ortho intramolecular Hbond substituents is 1. The lowest BCUT2D eigenvalue weighted by molar-refractivity contribution is 0.102. The number of methoxy groups -OCH3 is 1. The number of amides is 1. The fourth-order valence-electron chi connectivity index (χ4n) is 1.89. The van der Waals surface area contributed by atoms with Crippen molar-refractivity contribution in [3.63, 3.8) is 0 Å². The Morgan fingerprint density at radius 2 is 1.90 bits per heavy atom. The van der Waals surface area contributed by atoms with Crippen molar-refractivity contribution in [2.75, 3.05) is 12.4 Å². The smallest absolute Gasteiger partial charge is 0.259 e. The molecular formula is C16H17NO3. The van der Waals surface area contributed by atoms with E-state index in [1.165, 1.54) is 12.7 Å². The third-order valence-electron chi connectivity index (χ3n) is 3.08. The molecule has 0 heterocycles. The molecule has 0 spiro atoms. The number of ether oxygens (including phenoxy) is 1. The summed E-state index contributed by atoms with van der Waals surface area (Å²) in [4.78, 5) is 12.1. The van der Waals surface area contributed by atoms with Crippen LogP contribution < -0.4 is 10.1 Å². The van der Waals surface area contributed by atoms with Crippen molar-refractivity contribution in [1.82, 2.24) is 0 Å². The summed E-state index contributed by atoms with van der Waals surface area (Å²) in [6.45, 7) is 2.07. The standard InChI is InChI=1S/C16H17NO3/c1-3-11-7-9-12(10-8-11)17-16(19)13-5-4-6-14(20-2)15(13)18/h4-10,18H,3H2,1-2H3,(H,17,19). The first kappa shape index (κ1) is 13.9. The summed E-state index contributed by atoms with van der Waals surface area (Å²) in [5.74, 6) is -0.248. The molecule has 0 aliphatic carbocycles. The van der Waals surface area contributed by atoms with Crippen molar-refractivity contribution in [2.45, 2.75) is 13.3 Å². The van der Waals surface area contributed by atoms with Gasteiger partial charge in [0, 0.05) is 5.69 Å². The SMILES string of the molecule is CCc1ccc(NC(=O)c2cccc(OC)c2O)cc1. The molecule has 2 rings (SSSR count). The molecule has 2 aromatic carbocycles. The minimum Gasteiger partial charge on any atom is -0.504 e. The Labute approximate surface area is 118 Å². The Morgan fingerprint density at radius 1 is 1.20 bits per heavy atom. The van der Waals surface area contributed by atoms with Gasteiger partial charge in [0.25, 0.3) is 5.91 Å². The number of phenols is 1. The summed E-state index contributed by atoms with van der Waals surface area (Å²) >= 11 is 0. The first-order valence-electron chi connectivity index (χ1n) is 6.42. The van der Waals surface area contributed by atoms with Gasteiger partial charge in [0.1, 0.15) is 0 Å². The lowest BCUT2D eigenvalue weighted by Gasteiger charge is -2.09. The van der Waals surface area contributed by atoms with Gasteiger partial charge in [0.05, 0.1) is 12.7 Å².